The number of hydrogen-bond donors (Lipinski definition) is 1. The highest BCUT2D eigenvalue weighted by Crippen LogP contribution is 2.29. The Morgan fingerprint density at radius 3 is 2.77 bits per heavy atom. The monoisotopic (exact) mass is 299 g/mol. The maximum absolute atomic E-state index is 11.4. The molecule has 0 radical (unpaired) electrons. The van der Waals surface area contributed by atoms with Gasteiger partial charge in [-0.1, -0.05) is 30.3 Å². The van der Waals surface area contributed by atoms with Crippen LogP contribution in [0.1, 0.15) is 40.4 Å². The molecular formula is C18H21NO3. The number of rotatable bonds is 6. The maximum Gasteiger partial charge on any atom is 0.337 e. The Labute approximate surface area is 130 Å². The molecular weight excluding hydrogens is 278 g/mol. The highest BCUT2D eigenvalue weighted by Gasteiger charge is 2.26. The number of aromatic carboxylic acids is 1. The molecule has 1 unspecified atom stereocenters. The van der Waals surface area contributed by atoms with Crippen molar-refractivity contribution in [2.45, 2.75) is 31.7 Å². The van der Waals surface area contributed by atoms with E-state index in [1.54, 1.807) is 6.07 Å². The van der Waals surface area contributed by atoms with Crippen molar-refractivity contribution >= 4 is 5.97 Å². The first kappa shape index (κ1) is 14.9. The molecule has 1 aromatic carbocycles. The van der Waals surface area contributed by atoms with Crippen molar-refractivity contribution in [3.05, 3.63) is 59.4 Å². The van der Waals surface area contributed by atoms with Gasteiger partial charge in [0.15, 0.2) is 0 Å². The van der Waals surface area contributed by atoms with E-state index in [9.17, 15) is 9.90 Å². The summed E-state index contributed by atoms with van der Waals surface area (Å²) in [5, 5.41) is 9.39. The van der Waals surface area contributed by atoms with E-state index in [0.717, 1.165) is 38.1 Å². The van der Waals surface area contributed by atoms with Crippen molar-refractivity contribution in [1.29, 1.82) is 0 Å². The molecule has 1 aromatic heterocycles. The van der Waals surface area contributed by atoms with Crippen LogP contribution in [0.15, 0.2) is 42.6 Å². The van der Waals surface area contributed by atoms with Gasteiger partial charge in [0.2, 0.25) is 0 Å². The van der Waals surface area contributed by atoms with Gasteiger partial charge in [-0.05, 0) is 30.9 Å². The second kappa shape index (κ2) is 6.79. The van der Waals surface area contributed by atoms with Crippen LogP contribution in [0.3, 0.4) is 0 Å². The van der Waals surface area contributed by atoms with Crippen LogP contribution >= 0.6 is 0 Å². The number of hydrogen-bond acceptors (Lipinski definition) is 2. The lowest BCUT2D eigenvalue weighted by molar-refractivity contribution is 0.0694. The first-order chi connectivity index (χ1) is 10.8. The molecule has 22 heavy (non-hydrogen) atoms. The van der Waals surface area contributed by atoms with E-state index >= 15 is 0 Å². The Hall–Kier alpha value is -2.07. The Bertz CT molecular complexity index is 627. The summed E-state index contributed by atoms with van der Waals surface area (Å²) in [4.78, 5) is 11.4. The van der Waals surface area contributed by atoms with Gasteiger partial charge in [0, 0.05) is 31.0 Å². The molecule has 4 heteroatoms. The predicted octanol–water partition coefficient (Wildman–Crippen LogP) is 3.32. The summed E-state index contributed by atoms with van der Waals surface area (Å²) < 4.78 is 7.54. The van der Waals surface area contributed by atoms with Crippen molar-refractivity contribution < 1.29 is 14.6 Å². The molecule has 0 saturated carbocycles. The third-order valence-electron chi connectivity index (χ3n) is 4.26. The molecule has 1 atom stereocenters. The van der Waals surface area contributed by atoms with Gasteiger partial charge in [-0.2, -0.15) is 0 Å². The van der Waals surface area contributed by atoms with Crippen LogP contribution in [0, 0.1) is 0 Å². The van der Waals surface area contributed by atoms with E-state index < -0.39 is 5.97 Å². The molecule has 0 aliphatic carbocycles. The Kier molecular flexibility index (Phi) is 4.59. The smallest absolute Gasteiger partial charge is 0.337 e. The largest absolute Gasteiger partial charge is 0.478 e. The number of ether oxygens (including phenoxy) is 1. The number of aromatic nitrogens is 1. The standard InChI is InChI=1S/C18H21NO3/c20-18(21)16-8-11-19(17(16)15-9-12-22-13-15)10-4-7-14-5-2-1-3-6-14/h1-3,5-6,8,11,15H,4,7,9-10,12-13H2,(H,20,21). The summed E-state index contributed by atoms with van der Waals surface area (Å²) in [5.41, 5.74) is 2.67. The van der Waals surface area contributed by atoms with Crippen molar-refractivity contribution in [3.63, 3.8) is 0 Å². The van der Waals surface area contributed by atoms with E-state index in [4.69, 9.17) is 4.74 Å². The number of carboxylic acids is 1. The van der Waals surface area contributed by atoms with E-state index in [1.807, 2.05) is 12.3 Å². The Morgan fingerprint density at radius 2 is 2.09 bits per heavy atom. The first-order valence-electron chi connectivity index (χ1n) is 7.79. The second-order valence-corrected chi connectivity index (χ2v) is 5.76. The van der Waals surface area contributed by atoms with Crippen LogP contribution in [-0.4, -0.2) is 28.9 Å². The summed E-state index contributed by atoms with van der Waals surface area (Å²) in [6.45, 7) is 2.19. The summed E-state index contributed by atoms with van der Waals surface area (Å²) in [7, 11) is 0. The third kappa shape index (κ3) is 3.22. The lowest BCUT2D eigenvalue weighted by Crippen LogP contribution is -2.12. The van der Waals surface area contributed by atoms with Gasteiger partial charge in [-0.25, -0.2) is 4.79 Å². The van der Waals surface area contributed by atoms with Crippen molar-refractivity contribution in [1.82, 2.24) is 4.57 Å². The van der Waals surface area contributed by atoms with E-state index in [1.165, 1.54) is 5.56 Å². The van der Waals surface area contributed by atoms with E-state index in [-0.39, 0.29) is 5.92 Å². The minimum Gasteiger partial charge on any atom is -0.478 e. The molecule has 1 saturated heterocycles. The molecule has 0 bridgehead atoms. The molecule has 4 nitrogen and oxygen atoms in total. The lowest BCUT2D eigenvalue weighted by Gasteiger charge is -2.15. The zero-order valence-electron chi connectivity index (χ0n) is 12.6. The topological polar surface area (TPSA) is 51.5 Å². The normalized spacial score (nSPS) is 17.7. The molecule has 1 aliphatic heterocycles. The molecule has 1 N–H and O–H groups in total. The van der Waals surface area contributed by atoms with Gasteiger partial charge in [0.25, 0.3) is 0 Å². The first-order valence-corrected chi connectivity index (χ1v) is 7.79. The van der Waals surface area contributed by atoms with Gasteiger partial charge in [0.05, 0.1) is 12.2 Å². The highest BCUT2D eigenvalue weighted by atomic mass is 16.5. The van der Waals surface area contributed by atoms with Crippen molar-refractivity contribution in [3.8, 4) is 0 Å². The Balaban J connectivity index is 1.71. The minimum absolute atomic E-state index is 0.206. The highest BCUT2D eigenvalue weighted by molar-refractivity contribution is 5.89. The fraction of sp³-hybridized carbons (Fsp3) is 0.389. The van der Waals surface area contributed by atoms with Gasteiger partial charge in [-0.3, -0.25) is 0 Å². The molecule has 3 rings (SSSR count). The van der Waals surface area contributed by atoms with Gasteiger partial charge >= 0.3 is 5.97 Å². The molecule has 2 aromatic rings. The van der Waals surface area contributed by atoms with Crippen LogP contribution in [0.25, 0.3) is 0 Å². The van der Waals surface area contributed by atoms with Crippen molar-refractivity contribution in [2.75, 3.05) is 13.2 Å². The van der Waals surface area contributed by atoms with E-state index in [0.29, 0.717) is 12.2 Å². The number of benzene rings is 1. The van der Waals surface area contributed by atoms with E-state index in [2.05, 4.69) is 28.8 Å². The van der Waals surface area contributed by atoms with Crippen LogP contribution < -0.4 is 0 Å². The molecule has 1 aliphatic rings. The third-order valence-corrected chi connectivity index (χ3v) is 4.26. The van der Waals surface area contributed by atoms with Crippen LogP contribution in [0.4, 0.5) is 0 Å². The predicted molar refractivity (Wildman–Crippen MR) is 84.3 cm³/mol. The molecule has 2 heterocycles. The van der Waals surface area contributed by atoms with Crippen LogP contribution in [0.5, 0.6) is 0 Å². The Morgan fingerprint density at radius 1 is 1.27 bits per heavy atom. The van der Waals surface area contributed by atoms with Gasteiger partial charge in [-0.15, -0.1) is 0 Å². The van der Waals surface area contributed by atoms with Gasteiger partial charge in [0.1, 0.15) is 0 Å². The summed E-state index contributed by atoms with van der Waals surface area (Å²) >= 11 is 0. The summed E-state index contributed by atoms with van der Waals surface area (Å²) in [5.74, 6) is -0.637. The lowest BCUT2D eigenvalue weighted by atomic mass is 10.0. The average Bonchev–Trinajstić information content (AvgIpc) is 3.17. The number of aryl methyl sites for hydroxylation is 2. The maximum atomic E-state index is 11.4. The minimum atomic E-state index is -0.844. The fourth-order valence-electron chi connectivity index (χ4n) is 3.16. The molecule has 116 valence electrons. The van der Waals surface area contributed by atoms with Crippen molar-refractivity contribution in [2.24, 2.45) is 0 Å². The van der Waals surface area contributed by atoms with Gasteiger partial charge < -0.3 is 14.4 Å². The summed E-state index contributed by atoms with van der Waals surface area (Å²) in [6.07, 6.45) is 4.81. The number of carbonyl (C=O) groups is 1. The SMILES string of the molecule is O=C(O)c1ccn(CCCc2ccccc2)c1C1CCOC1. The quantitative estimate of drug-likeness (QED) is 0.890. The average molecular weight is 299 g/mol. The molecule has 0 amide bonds. The second-order valence-electron chi connectivity index (χ2n) is 5.76. The molecule has 1 fully saturated rings. The van der Waals surface area contributed by atoms with Crippen LogP contribution in [0.2, 0.25) is 0 Å². The number of nitrogens with zero attached hydrogens (tertiary/aromatic N) is 1. The van der Waals surface area contributed by atoms with Crippen LogP contribution in [-0.2, 0) is 17.7 Å². The fourth-order valence-corrected chi connectivity index (χ4v) is 3.16. The number of carboxylic acid groups (broad SMARTS) is 1. The zero-order chi connectivity index (χ0) is 15.4. The zero-order valence-corrected chi connectivity index (χ0v) is 12.6. The summed E-state index contributed by atoms with van der Waals surface area (Å²) in [6, 6.07) is 12.1. The molecule has 0 spiro atoms.